The molecule has 160 valence electrons. The van der Waals surface area contributed by atoms with Crippen molar-refractivity contribution < 1.29 is 4.79 Å². The van der Waals surface area contributed by atoms with Crippen LogP contribution in [0.25, 0.3) is 0 Å². The maximum atomic E-state index is 12.7. The van der Waals surface area contributed by atoms with Gasteiger partial charge in [0.2, 0.25) is 5.91 Å². The summed E-state index contributed by atoms with van der Waals surface area (Å²) < 4.78 is 0. The molecule has 5 nitrogen and oxygen atoms in total. The van der Waals surface area contributed by atoms with E-state index in [0.29, 0.717) is 23.4 Å². The van der Waals surface area contributed by atoms with E-state index in [9.17, 15) is 10.1 Å². The second-order valence-electron chi connectivity index (χ2n) is 9.27. The molecule has 2 aliphatic rings. The van der Waals surface area contributed by atoms with E-state index in [4.69, 9.17) is 0 Å². The molecule has 3 rings (SSSR count). The molecule has 1 unspecified atom stereocenters. The molecule has 0 saturated carbocycles. The van der Waals surface area contributed by atoms with E-state index in [0.717, 1.165) is 57.0 Å². The van der Waals surface area contributed by atoms with Crippen molar-refractivity contribution in [3.63, 3.8) is 0 Å². The van der Waals surface area contributed by atoms with Gasteiger partial charge in [0.05, 0.1) is 12.1 Å². The second kappa shape index (κ2) is 9.59. The molecule has 0 radical (unpaired) electrons. The van der Waals surface area contributed by atoms with Crippen LogP contribution in [-0.2, 0) is 17.6 Å². The Balaban J connectivity index is 1.62. The number of fused-ring (bicyclic) bond motifs is 1. The molecule has 6 heteroatoms. The molecule has 1 aliphatic carbocycles. The minimum Gasteiger partial charge on any atom is -0.315 e. The van der Waals surface area contributed by atoms with Crippen LogP contribution in [0.1, 0.15) is 63.0 Å². The summed E-state index contributed by atoms with van der Waals surface area (Å²) in [6.07, 6.45) is 5.47. The maximum Gasteiger partial charge on any atom is 0.239 e. The lowest BCUT2D eigenvalue weighted by atomic mass is 9.69. The average Bonchev–Trinajstić information content (AvgIpc) is 3.05. The molecule has 2 heterocycles. The molecule has 1 aliphatic heterocycles. The highest BCUT2D eigenvalue weighted by Gasteiger charge is 2.34. The third-order valence-electron chi connectivity index (χ3n) is 7.02. The minimum absolute atomic E-state index is 0.00877. The van der Waals surface area contributed by atoms with Gasteiger partial charge in [0.15, 0.2) is 0 Å². The van der Waals surface area contributed by atoms with Crippen LogP contribution < -0.4 is 5.32 Å². The van der Waals surface area contributed by atoms with Gasteiger partial charge < -0.3 is 10.2 Å². The molecule has 1 aromatic heterocycles. The molecule has 1 saturated heterocycles. The van der Waals surface area contributed by atoms with E-state index in [2.05, 4.69) is 48.9 Å². The number of nitrogens with zero attached hydrogens (tertiary/aromatic N) is 3. The first-order chi connectivity index (χ1) is 13.9. The molecular weight excluding hydrogens is 380 g/mol. The van der Waals surface area contributed by atoms with Gasteiger partial charge >= 0.3 is 0 Å². The number of thiophene rings is 1. The van der Waals surface area contributed by atoms with Gasteiger partial charge in [-0.15, -0.1) is 11.3 Å². The Labute approximate surface area is 180 Å². The Morgan fingerprint density at radius 1 is 1.24 bits per heavy atom. The first-order valence-corrected chi connectivity index (χ1v) is 12.0. The summed E-state index contributed by atoms with van der Waals surface area (Å²) in [6.45, 7) is 14.7. The molecule has 0 aromatic carbocycles. The fourth-order valence-electron chi connectivity index (χ4n) is 4.60. The maximum absolute atomic E-state index is 12.7. The van der Waals surface area contributed by atoms with Gasteiger partial charge in [-0.2, -0.15) is 5.26 Å². The number of carbonyl (C=O) groups excluding carboxylic acids is 1. The van der Waals surface area contributed by atoms with Crippen molar-refractivity contribution in [1.29, 1.82) is 5.26 Å². The molecule has 0 bridgehead atoms. The SMILES string of the molecule is CCCN1CCN(CC(=O)Nc2sc3c(c2C#N)CCC(C(C)(C)CC)C3)CC1. The number of carbonyl (C=O) groups is 1. The minimum atomic E-state index is 0.00877. The summed E-state index contributed by atoms with van der Waals surface area (Å²) in [5, 5.41) is 13.6. The summed E-state index contributed by atoms with van der Waals surface area (Å²) in [5.74, 6) is 0.655. The Bertz CT molecular complexity index is 756. The van der Waals surface area contributed by atoms with Crippen molar-refractivity contribution in [2.24, 2.45) is 11.3 Å². The third-order valence-corrected chi connectivity index (χ3v) is 8.19. The van der Waals surface area contributed by atoms with E-state index < -0.39 is 0 Å². The lowest BCUT2D eigenvalue weighted by Gasteiger charge is -2.36. The first kappa shape index (κ1) is 22.3. The zero-order valence-corrected chi connectivity index (χ0v) is 19.3. The molecular formula is C23H36N4OS. The quantitative estimate of drug-likeness (QED) is 0.726. The lowest BCUT2D eigenvalue weighted by molar-refractivity contribution is -0.117. The van der Waals surface area contributed by atoms with Crippen molar-refractivity contribution in [3.05, 3.63) is 16.0 Å². The van der Waals surface area contributed by atoms with Crippen LogP contribution in [0, 0.1) is 22.7 Å². The van der Waals surface area contributed by atoms with E-state index in [-0.39, 0.29) is 5.91 Å². The van der Waals surface area contributed by atoms with E-state index in [1.54, 1.807) is 11.3 Å². The highest BCUT2D eigenvalue weighted by atomic mass is 32.1. The topological polar surface area (TPSA) is 59.4 Å². The number of nitrogens with one attached hydrogen (secondary N) is 1. The summed E-state index contributed by atoms with van der Waals surface area (Å²) in [4.78, 5) is 18.7. The monoisotopic (exact) mass is 416 g/mol. The van der Waals surface area contributed by atoms with Crippen molar-refractivity contribution in [3.8, 4) is 6.07 Å². The Morgan fingerprint density at radius 2 is 1.93 bits per heavy atom. The Hall–Kier alpha value is -1.42. The Kier molecular flexibility index (Phi) is 7.37. The molecule has 29 heavy (non-hydrogen) atoms. The summed E-state index contributed by atoms with van der Waals surface area (Å²) in [6, 6.07) is 2.38. The number of hydrogen-bond acceptors (Lipinski definition) is 5. The fourth-order valence-corrected chi connectivity index (χ4v) is 5.90. The standard InChI is InChI=1S/C23H36N4OS/c1-5-9-26-10-12-27(13-11-26)16-21(28)25-22-19(15-24)18-8-7-17(14-20(18)29-22)23(3,4)6-2/h17H,5-14,16H2,1-4H3,(H,25,28). The van der Waals surface area contributed by atoms with E-state index in [1.807, 2.05) is 0 Å². The third kappa shape index (κ3) is 5.20. The normalized spacial score (nSPS) is 20.9. The zero-order chi connectivity index (χ0) is 21.0. The van der Waals surface area contributed by atoms with Crippen LogP contribution in [0.2, 0.25) is 0 Å². The van der Waals surface area contributed by atoms with Crippen LogP contribution >= 0.6 is 11.3 Å². The molecule has 0 spiro atoms. The van der Waals surface area contributed by atoms with Gasteiger partial charge in [0.25, 0.3) is 0 Å². The summed E-state index contributed by atoms with van der Waals surface area (Å²) >= 11 is 1.63. The van der Waals surface area contributed by atoms with Gasteiger partial charge in [-0.3, -0.25) is 9.69 Å². The van der Waals surface area contributed by atoms with Gasteiger partial charge in [-0.25, -0.2) is 0 Å². The predicted molar refractivity (Wildman–Crippen MR) is 120 cm³/mol. The molecule has 1 fully saturated rings. The second-order valence-corrected chi connectivity index (χ2v) is 10.4. The smallest absolute Gasteiger partial charge is 0.239 e. The summed E-state index contributed by atoms with van der Waals surface area (Å²) in [5.41, 5.74) is 2.21. The molecule has 1 atom stereocenters. The van der Waals surface area contributed by atoms with E-state index >= 15 is 0 Å². The molecule has 1 N–H and O–H groups in total. The average molecular weight is 417 g/mol. The number of rotatable bonds is 7. The lowest BCUT2D eigenvalue weighted by Crippen LogP contribution is -2.48. The van der Waals surface area contributed by atoms with Gasteiger partial charge in [0.1, 0.15) is 11.1 Å². The highest BCUT2D eigenvalue weighted by molar-refractivity contribution is 7.16. The highest BCUT2D eigenvalue weighted by Crippen LogP contribution is 2.45. The van der Waals surface area contributed by atoms with Crippen molar-refractivity contribution in [1.82, 2.24) is 9.80 Å². The van der Waals surface area contributed by atoms with E-state index in [1.165, 1.54) is 23.3 Å². The molecule has 1 amide bonds. The van der Waals surface area contributed by atoms with Crippen LogP contribution in [0.4, 0.5) is 5.00 Å². The number of nitriles is 1. The van der Waals surface area contributed by atoms with Crippen LogP contribution in [-0.4, -0.2) is 55.0 Å². The number of hydrogen-bond donors (Lipinski definition) is 1. The number of anilines is 1. The van der Waals surface area contributed by atoms with Crippen molar-refractivity contribution in [2.75, 3.05) is 44.6 Å². The van der Waals surface area contributed by atoms with Gasteiger partial charge in [-0.05, 0) is 49.1 Å². The molecule has 1 aromatic rings. The fraction of sp³-hybridized carbons (Fsp3) is 0.739. The van der Waals surface area contributed by atoms with Crippen LogP contribution in [0.15, 0.2) is 0 Å². The number of piperazine rings is 1. The summed E-state index contributed by atoms with van der Waals surface area (Å²) in [7, 11) is 0. The first-order valence-electron chi connectivity index (χ1n) is 11.2. The largest absolute Gasteiger partial charge is 0.315 e. The van der Waals surface area contributed by atoms with Crippen molar-refractivity contribution in [2.45, 2.75) is 59.8 Å². The number of amides is 1. The van der Waals surface area contributed by atoms with Crippen LogP contribution in [0.3, 0.4) is 0 Å². The van der Waals surface area contributed by atoms with Gasteiger partial charge in [-0.1, -0.05) is 34.1 Å². The predicted octanol–water partition coefficient (Wildman–Crippen LogP) is 4.13. The van der Waals surface area contributed by atoms with Crippen LogP contribution in [0.5, 0.6) is 0 Å². The van der Waals surface area contributed by atoms with Crippen molar-refractivity contribution >= 4 is 22.2 Å². The Morgan fingerprint density at radius 3 is 2.55 bits per heavy atom. The zero-order valence-electron chi connectivity index (χ0n) is 18.5. The van der Waals surface area contributed by atoms with Gasteiger partial charge in [0, 0.05) is 31.1 Å².